The van der Waals surface area contributed by atoms with Crippen LogP contribution >= 0.6 is 0 Å². The quantitative estimate of drug-likeness (QED) is 0.336. The summed E-state index contributed by atoms with van der Waals surface area (Å²) < 4.78 is 40.3. The highest BCUT2D eigenvalue weighted by molar-refractivity contribution is 5.87. The van der Waals surface area contributed by atoms with Gasteiger partial charge in [0.2, 0.25) is 0 Å². The number of halogens is 3. The third kappa shape index (κ3) is 4.01. The van der Waals surface area contributed by atoms with Crippen LogP contribution in [-0.4, -0.2) is 25.7 Å². The molecule has 0 spiro atoms. The standard InChI is InChI=1S/C26H16F3N3O2/c27-26(28,29)20-12-10-18(11-13-20)21-14-23(32-24(30-21)15-22(31-32)25(33)34)19-8-6-17(7-9-19)16-4-2-1-3-5-16/h1-15H,(H,33,34). The van der Waals surface area contributed by atoms with Crippen molar-refractivity contribution in [3.63, 3.8) is 0 Å². The maximum absolute atomic E-state index is 13.0. The highest BCUT2D eigenvalue weighted by atomic mass is 19.4. The van der Waals surface area contributed by atoms with E-state index in [1.807, 2.05) is 54.6 Å². The zero-order chi connectivity index (χ0) is 23.9. The van der Waals surface area contributed by atoms with Gasteiger partial charge in [-0.15, -0.1) is 0 Å². The van der Waals surface area contributed by atoms with Gasteiger partial charge in [0.25, 0.3) is 0 Å². The average Bonchev–Trinajstić information content (AvgIpc) is 3.28. The zero-order valence-electron chi connectivity index (χ0n) is 17.5. The number of alkyl halides is 3. The number of hydrogen-bond acceptors (Lipinski definition) is 3. The third-order valence-electron chi connectivity index (χ3n) is 5.44. The fourth-order valence-corrected chi connectivity index (χ4v) is 3.73. The molecule has 5 aromatic rings. The summed E-state index contributed by atoms with van der Waals surface area (Å²) in [5.74, 6) is -1.20. The van der Waals surface area contributed by atoms with Crippen LogP contribution in [-0.2, 0) is 6.18 Å². The molecule has 168 valence electrons. The number of rotatable bonds is 4. The molecule has 0 unspecified atom stereocenters. The summed E-state index contributed by atoms with van der Waals surface area (Å²) in [6.07, 6.45) is -4.44. The Kier molecular flexibility index (Phi) is 5.13. The lowest BCUT2D eigenvalue weighted by Gasteiger charge is -2.11. The summed E-state index contributed by atoms with van der Waals surface area (Å²) in [6.45, 7) is 0. The molecule has 5 rings (SSSR count). The normalized spacial score (nSPS) is 11.6. The van der Waals surface area contributed by atoms with Crippen LogP contribution in [0.1, 0.15) is 16.1 Å². The van der Waals surface area contributed by atoms with Crippen LogP contribution in [0.25, 0.3) is 39.3 Å². The van der Waals surface area contributed by atoms with E-state index in [4.69, 9.17) is 0 Å². The second-order valence-electron chi connectivity index (χ2n) is 7.65. The lowest BCUT2D eigenvalue weighted by molar-refractivity contribution is -0.137. The lowest BCUT2D eigenvalue weighted by Crippen LogP contribution is -2.04. The summed E-state index contributed by atoms with van der Waals surface area (Å²) >= 11 is 0. The number of hydrogen-bond donors (Lipinski definition) is 1. The molecule has 0 aliphatic heterocycles. The van der Waals surface area contributed by atoms with Gasteiger partial charge in [-0.05, 0) is 29.3 Å². The fourth-order valence-electron chi connectivity index (χ4n) is 3.73. The first kappa shape index (κ1) is 21.4. The Bertz CT molecular complexity index is 1490. The molecule has 0 fully saturated rings. The number of fused-ring (bicyclic) bond motifs is 1. The lowest BCUT2D eigenvalue weighted by atomic mass is 10.0. The van der Waals surface area contributed by atoms with E-state index in [2.05, 4.69) is 10.1 Å². The Labute approximate surface area is 191 Å². The Morgan fingerprint density at radius 3 is 1.97 bits per heavy atom. The smallest absolute Gasteiger partial charge is 0.416 e. The second kappa shape index (κ2) is 8.15. The van der Waals surface area contributed by atoms with Crippen LogP contribution < -0.4 is 0 Å². The molecule has 0 saturated heterocycles. The van der Waals surface area contributed by atoms with Crippen molar-refractivity contribution < 1.29 is 23.1 Å². The molecule has 0 saturated carbocycles. The SMILES string of the molecule is O=C(O)c1cc2nc(-c3ccc(C(F)(F)F)cc3)cc(-c3ccc(-c4ccccc4)cc3)n2n1. The summed E-state index contributed by atoms with van der Waals surface area (Å²) in [5.41, 5.74) is 3.57. The maximum atomic E-state index is 13.0. The maximum Gasteiger partial charge on any atom is 0.416 e. The number of benzene rings is 3. The van der Waals surface area contributed by atoms with Gasteiger partial charge in [0.05, 0.1) is 17.0 Å². The molecular weight excluding hydrogens is 443 g/mol. The highest BCUT2D eigenvalue weighted by Crippen LogP contribution is 2.32. The first-order valence-electron chi connectivity index (χ1n) is 10.3. The van der Waals surface area contributed by atoms with Gasteiger partial charge >= 0.3 is 12.1 Å². The van der Waals surface area contributed by atoms with Crippen molar-refractivity contribution in [3.8, 4) is 33.6 Å². The van der Waals surface area contributed by atoms with Crippen molar-refractivity contribution in [2.75, 3.05) is 0 Å². The third-order valence-corrected chi connectivity index (χ3v) is 5.44. The highest BCUT2D eigenvalue weighted by Gasteiger charge is 2.30. The minimum atomic E-state index is -4.44. The topological polar surface area (TPSA) is 67.5 Å². The van der Waals surface area contributed by atoms with Gasteiger partial charge in [-0.25, -0.2) is 14.3 Å². The van der Waals surface area contributed by atoms with E-state index in [1.165, 1.54) is 22.7 Å². The molecule has 2 heterocycles. The molecule has 3 aromatic carbocycles. The molecule has 5 nitrogen and oxygen atoms in total. The molecule has 0 atom stereocenters. The van der Waals surface area contributed by atoms with Crippen LogP contribution in [0.15, 0.2) is 91.0 Å². The van der Waals surface area contributed by atoms with Crippen molar-refractivity contribution in [3.05, 3.63) is 102 Å². The number of carboxylic acid groups (broad SMARTS) is 1. The number of carbonyl (C=O) groups is 1. The monoisotopic (exact) mass is 459 g/mol. The molecule has 34 heavy (non-hydrogen) atoms. The van der Waals surface area contributed by atoms with Crippen molar-refractivity contribution in [1.29, 1.82) is 0 Å². The van der Waals surface area contributed by atoms with Gasteiger partial charge < -0.3 is 5.11 Å². The molecule has 8 heteroatoms. The van der Waals surface area contributed by atoms with Crippen molar-refractivity contribution in [2.45, 2.75) is 6.18 Å². The van der Waals surface area contributed by atoms with Crippen molar-refractivity contribution in [1.82, 2.24) is 14.6 Å². The van der Waals surface area contributed by atoms with E-state index < -0.39 is 17.7 Å². The molecule has 0 aliphatic carbocycles. The minimum absolute atomic E-state index is 0.181. The van der Waals surface area contributed by atoms with Gasteiger partial charge in [-0.1, -0.05) is 66.7 Å². The zero-order valence-corrected chi connectivity index (χ0v) is 17.5. The van der Waals surface area contributed by atoms with Crippen LogP contribution in [0.5, 0.6) is 0 Å². The van der Waals surface area contributed by atoms with E-state index in [0.717, 1.165) is 28.8 Å². The largest absolute Gasteiger partial charge is 0.476 e. The second-order valence-corrected chi connectivity index (χ2v) is 7.65. The van der Waals surface area contributed by atoms with Crippen LogP contribution in [0.4, 0.5) is 13.2 Å². The molecule has 0 amide bonds. The Morgan fingerprint density at radius 1 is 0.765 bits per heavy atom. The van der Waals surface area contributed by atoms with Crippen LogP contribution in [0.3, 0.4) is 0 Å². The van der Waals surface area contributed by atoms with E-state index >= 15 is 0 Å². The summed E-state index contributed by atoms with van der Waals surface area (Å²) in [7, 11) is 0. The number of aromatic nitrogens is 3. The predicted octanol–water partition coefficient (Wildman–Crippen LogP) is 6.45. The molecule has 1 N–H and O–H groups in total. The summed E-state index contributed by atoms with van der Waals surface area (Å²) in [6, 6.07) is 25.2. The number of nitrogens with zero attached hydrogens (tertiary/aromatic N) is 3. The average molecular weight is 459 g/mol. The Hall–Kier alpha value is -4.46. The number of carboxylic acids is 1. The van der Waals surface area contributed by atoms with E-state index in [9.17, 15) is 23.1 Å². The first-order chi connectivity index (χ1) is 16.3. The van der Waals surface area contributed by atoms with Crippen molar-refractivity contribution in [2.24, 2.45) is 0 Å². The number of aromatic carboxylic acids is 1. The fraction of sp³-hybridized carbons (Fsp3) is 0.0385. The predicted molar refractivity (Wildman–Crippen MR) is 121 cm³/mol. The molecule has 2 aromatic heterocycles. The van der Waals surface area contributed by atoms with Gasteiger partial charge in [0.1, 0.15) is 0 Å². The first-order valence-corrected chi connectivity index (χ1v) is 10.3. The van der Waals surface area contributed by atoms with Crippen LogP contribution in [0, 0.1) is 0 Å². The van der Waals surface area contributed by atoms with Crippen LogP contribution in [0.2, 0.25) is 0 Å². The summed E-state index contributed by atoms with van der Waals surface area (Å²) in [4.78, 5) is 15.9. The molecular formula is C26H16F3N3O2. The molecule has 0 aliphatic rings. The minimum Gasteiger partial charge on any atom is -0.476 e. The van der Waals surface area contributed by atoms with Gasteiger partial charge in [0.15, 0.2) is 11.3 Å². The Morgan fingerprint density at radius 2 is 1.35 bits per heavy atom. The van der Waals surface area contributed by atoms with Gasteiger partial charge in [-0.2, -0.15) is 18.3 Å². The van der Waals surface area contributed by atoms with E-state index in [-0.39, 0.29) is 11.3 Å². The van der Waals surface area contributed by atoms with Gasteiger partial charge in [-0.3, -0.25) is 0 Å². The molecule has 0 bridgehead atoms. The molecule has 0 radical (unpaired) electrons. The summed E-state index contributed by atoms with van der Waals surface area (Å²) in [5, 5.41) is 13.5. The van der Waals surface area contributed by atoms with E-state index in [1.54, 1.807) is 6.07 Å². The van der Waals surface area contributed by atoms with Crippen molar-refractivity contribution >= 4 is 11.6 Å². The van der Waals surface area contributed by atoms with E-state index in [0.29, 0.717) is 17.0 Å². The Balaban J connectivity index is 1.63. The van der Waals surface area contributed by atoms with Gasteiger partial charge in [0, 0.05) is 17.2 Å².